The van der Waals surface area contributed by atoms with Crippen molar-refractivity contribution in [3.05, 3.63) is 59.4 Å². The Labute approximate surface area is 164 Å². The number of ether oxygens (including phenoxy) is 1. The molecule has 10 heteroatoms. The van der Waals surface area contributed by atoms with Crippen LogP contribution >= 0.6 is 0 Å². The highest BCUT2D eigenvalue weighted by Crippen LogP contribution is 2.35. The number of hydrogen-bond acceptors (Lipinski definition) is 3. The normalized spacial score (nSPS) is 10.9. The molecule has 0 fully saturated rings. The van der Waals surface area contributed by atoms with E-state index in [1.807, 2.05) is 0 Å². The Balaban J connectivity index is 1.90. The Hall–Kier alpha value is -3.30. The van der Waals surface area contributed by atoms with Gasteiger partial charge in [-0.2, -0.15) is 13.2 Å². The van der Waals surface area contributed by atoms with Gasteiger partial charge in [0.2, 0.25) is 5.91 Å². The fraction of sp³-hybridized carbons (Fsp3) is 0.263. The summed E-state index contributed by atoms with van der Waals surface area (Å²) in [5.74, 6) is -1.06. The molecule has 0 unspecified atom stereocenters. The van der Waals surface area contributed by atoms with Crippen LogP contribution in [0, 0.1) is 5.82 Å². The molecular formula is C19H19F4N3O3. The van der Waals surface area contributed by atoms with Crippen LogP contribution in [0.15, 0.2) is 42.5 Å². The first-order chi connectivity index (χ1) is 13.7. The van der Waals surface area contributed by atoms with Crippen LogP contribution in [0.25, 0.3) is 0 Å². The van der Waals surface area contributed by atoms with Gasteiger partial charge in [-0.05, 0) is 42.8 Å². The zero-order valence-corrected chi connectivity index (χ0v) is 15.4. The van der Waals surface area contributed by atoms with E-state index >= 15 is 0 Å². The molecule has 3 amide bonds. The van der Waals surface area contributed by atoms with Gasteiger partial charge >= 0.3 is 12.2 Å². The third-order valence-corrected chi connectivity index (χ3v) is 3.66. The fourth-order valence-corrected chi connectivity index (χ4v) is 2.29. The summed E-state index contributed by atoms with van der Waals surface area (Å²) in [5, 5.41) is 7.05. The second kappa shape index (κ2) is 9.76. The van der Waals surface area contributed by atoms with E-state index in [9.17, 15) is 27.2 Å². The number of alkyl halides is 3. The van der Waals surface area contributed by atoms with Crippen LogP contribution in [0.2, 0.25) is 0 Å². The van der Waals surface area contributed by atoms with Crippen LogP contribution in [0.4, 0.5) is 28.0 Å². The molecule has 0 aliphatic carbocycles. The van der Waals surface area contributed by atoms with Crippen molar-refractivity contribution in [3.8, 4) is 5.75 Å². The molecule has 2 aromatic rings. The molecule has 0 bridgehead atoms. The van der Waals surface area contributed by atoms with Crippen molar-refractivity contribution in [2.45, 2.75) is 19.6 Å². The first-order valence-corrected chi connectivity index (χ1v) is 8.59. The number of anilines is 1. The van der Waals surface area contributed by atoms with E-state index in [2.05, 4.69) is 16.0 Å². The SMILES string of the molecule is CCOc1ccc(C(F)(F)F)cc1NC(=O)CNC(=O)NCc1ccc(F)cc1. The summed E-state index contributed by atoms with van der Waals surface area (Å²) in [5.41, 5.74) is -0.447. The predicted octanol–water partition coefficient (Wildman–Crippen LogP) is 3.68. The monoisotopic (exact) mass is 413 g/mol. The second-order valence-electron chi connectivity index (χ2n) is 5.85. The minimum Gasteiger partial charge on any atom is -0.492 e. The molecular weight excluding hydrogens is 394 g/mol. The molecule has 6 nitrogen and oxygen atoms in total. The summed E-state index contributed by atoms with van der Waals surface area (Å²) in [6.45, 7) is 1.47. The smallest absolute Gasteiger partial charge is 0.416 e. The lowest BCUT2D eigenvalue weighted by atomic mass is 10.1. The molecule has 0 atom stereocenters. The van der Waals surface area contributed by atoms with Gasteiger partial charge in [-0.15, -0.1) is 0 Å². The van der Waals surface area contributed by atoms with Gasteiger partial charge < -0.3 is 20.7 Å². The van der Waals surface area contributed by atoms with E-state index in [-0.39, 0.29) is 24.6 Å². The molecule has 0 radical (unpaired) electrons. The van der Waals surface area contributed by atoms with E-state index in [1.165, 1.54) is 24.3 Å². The Morgan fingerprint density at radius 3 is 2.34 bits per heavy atom. The lowest BCUT2D eigenvalue weighted by Crippen LogP contribution is -2.39. The first kappa shape index (κ1) is 22.0. The molecule has 156 valence electrons. The molecule has 3 N–H and O–H groups in total. The molecule has 0 saturated heterocycles. The number of benzene rings is 2. The molecule has 29 heavy (non-hydrogen) atoms. The average Bonchev–Trinajstić information content (AvgIpc) is 2.66. The van der Waals surface area contributed by atoms with Gasteiger partial charge in [0.1, 0.15) is 11.6 Å². The van der Waals surface area contributed by atoms with Gasteiger partial charge in [0.05, 0.1) is 24.4 Å². The Bertz CT molecular complexity index is 855. The van der Waals surface area contributed by atoms with Gasteiger partial charge in [-0.1, -0.05) is 12.1 Å². The summed E-state index contributed by atoms with van der Waals surface area (Å²) < 4.78 is 56.7. The number of urea groups is 1. The van der Waals surface area contributed by atoms with Gasteiger partial charge in [-0.3, -0.25) is 4.79 Å². The molecule has 0 aliphatic heterocycles. The minimum absolute atomic E-state index is 0.0783. The predicted molar refractivity (Wildman–Crippen MR) is 97.9 cm³/mol. The maximum absolute atomic E-state index is 12.9. The number of hydrogen-bond donors (Lipinski definition) is 3. The quantitative estimate of drug-likeness (QED) is 0.606. The van der Waals surface area contributed by atoms with Gasteiger partial charge in [0.25, 0.3) is 0 Å². The molecule has 2 aromatic carbocycles. The van der Waals surface area contributed by atoms with Crippen molar-refractivity contribution < 1.29 is 31.9 Å². The van der Waals surface area contributed by atoms with Crippen LogP contribution in [-0.4, -0.2) is 25.1 Å². The first-order valence-electron chi connectivity index (χ1n) is 8.59. The maximum Gasteiger partial charge on any atom is 0.416 e. The van der Waals surface area contributed by atoms with E-state index in [4.69, 9.17) is 4.74 Å². The zero-order valence-electron chi connectivity index (χ0n) is 15.4. The summed E-state index contributed by atoms with van der Waals surface area (Å²) in [6, 6.07) is 7.53. The third-order valence-electron chi connectivity index (χ3n) is 3.66. The van der Waals surface area contributed by atoms with Gasteiger partial charge in [-0.25, -0.2) is 9.18 Å². The fourth-order valence-electron chi connectivity index (χ4n) is 2.29. The highest BCUT2D eigenvalue weighted by Gasteiger charge is 2.31. The number of halogens is 4. The maximum atomic E-state index is 12.9. The molecule has 0 spiro atoms. The largest absolute Gasteiger partial charge is 0.492 e. The summed E-state index contributed by atoms with van der Waals surface area (Å²) in [4.78, 5) is 23.8. The van der Waals surface area contributed by atoms with Crippen molar-refractivity contribution in [3.63, 3.8) is 0 Å². The highest BCUT2D eigenvalue weighted by molar-refractivity contribution is 5.95. The summed E-state index contributed by atoms with van der Waals surface area (Å²) in [6.07, 6.45) is -4.58. The minimum atomic E-state index is -4.58. The molecule has 2 rings (SSSR count). The van der Waals surface area contributed by atoms with Crippen molar-refractivity contribution in [2.75, 3.05) is 18.5 Å². The Kier molecular flexibility index (Phi) is 7.40. The lowest BCUT2D eigenvalue weighted by molar-refractivity contribution is -0.137. The Morgan fingerprint density at radius 1 is 1.03 bits per heavy atom. The van der Waals surface area contributed by atoms with Crippen LogP contribution in [0.5, 0.6) is 5.75 Å². The van der Waals surface area contributed by atoms with E-state index in [0.29, 0.717) is 5.56 Å². The standard InChI is InChI=1S/C19H19F4N3O3/c1-2-29-16-8-5-13(19(21,22)23)9-15(16)26-17(27)11-25-18(28)24-10-12-3-6-14(20)7-4-12/h3-9H,2,10-11H2,1H3,(H,26,27)(H2,24,25,28). The molecule has 0 aromatic heterocycles. The van der Waals surface area contributed by atoms with Crippen LogP contribution < -0.4 is 20.7 Å². The van der Waals surface area contributed by atoms with E-state index in [1.54, 1.807) is 6.92 Å². The van der Waals surface area contributed by atoms with Crippen molar-refractivity contribution in [1.29, 1.82) is 0 Å². The van der Waals surface area contributed by atoms with Crippen LogP contribution in [0.1, 0.15) is 18.1 Å². The summed E-state index contributed by atoms with van der Waals surface area (Å²) >= 11 is 0. The second-order valence-corrected chi connectivity index (χ2v) is 5.85. The van der Waals surface area contributed by atoms with Crippen molar-refractivity contribution in [2.24, 2.45) is 0 Å². The number of carbonyl (C=O) groups excluding carboxylic acids is 2. The van der Waals surface area contributed by atoms with E-state index < -0.39 is 36.0 Å². The van der Waals surface area contributed by atoms with Crippen LogP contribution in [0.3, 0.4) is 0 Å². The van der Waals surface area contributed by atoms with Gasteiger partial charge in [0, 0.05) is 6.54 Å². The lowest BCUT2D eigenvalue weighted by Gasteiger charge is -2.15. The average molecular weight is 413 g/mol. The van der Waals surface area contributed by atoms with Crippen molar-refractivity contribution >= 4 is 17.6 Å². The zero-order chi connectivity index (χ0) is 21.4. The summed E-state index contributed by atoms with van der Waals surface area (Å²) in [7, 11) is 0. The van der Waals surface area contributed by atoms with E-state index in [0.717, 1.165) is 18.2 Å². The third kappa shape index (κ3) is 6.98. The Morgan fingerprint density at radius 2 is 1.72 bits per heavy atom. The molecule has 0 aliphatic rings. The number of carbonyl (C=O) groups is 2. The number of nitrogens with one attached hydrogen (secondary N) is 3. The van der Waals surface area contributed by atoms with Crippen LogP contribution in [-0.2, 0) is 17.5 Å². The highest BCUT2D eigenvalue weighted by atomic mass is 19.4. The van der Waals surface area contributed by atoms with Gasteiger partial charge in [0.15, 0.2) is 0 Å². The van der Waals surface area contributed by atoms with Crippen molar-refractivity contribution in [1.82, 2.24) is 10.6 Å². The molecule has 0 heterocycles. The number of rotatable bonds is 7. The number of amides is 3. The topological polar surface area (TPSA) is 79.5 Å². The molecule has 0 saturated carbocycles.